The highest BCUT2D eigenvalue weighted by atomic mass is 32.1. The molecule has 0 radical (unpaired) electrons. The summed E-state index contributed by atoms with van der Waals surface area (Å²) in [5, 5.41) is -4.42. The van der Waals surface area contributed by atoms with Gasteiger partial charge in [0.25, 0.3) is 0 Å². The largest absolute Gasteiger partial charge is 0.254 e. The Bertz CT molecular complexity index is 5200. The van der Waals surface area contributed by atoms with Crippen molar-refractivity contribution in [2.75, 3.05) is 0 Å². The number of rotatable bonds is 6. The average Bonchev–Trinajstić information content (AvgIpc) is 1.69. The van der Waals surface area contributed by atoms with Crippen LogP contribution in [0.25, 0.3) is 109 Å². The first-order valence-corrected chi connectivity index (χ1v) is 17.4. The second kappa shape index (κ2) is 13.8. The molecular formula is C54H34N2S. The van der Waals surface area contributed by atoms with E-state index in [0.29, 0.717) is 0 Å². The van der Waals surface area contributed by atoms with Crippen molar-refractivity contribution in [3.63, 3.8) is 0 Å². The molecule has 0 fully saturated rings. The zero-order chi connectivity index (χ0) is 67.3. The zero-order valence-electron chi connectivity index (χ0n) is 62.3. The maximum absolute atomic E-state index is 10.1. The summed E-state index contributed by atoms with van der Waals surface area (Å²) in [5.74, 6) is 0. The molecule has 0 saturated carbocycles. The first-order chi connectivity index (χ1) is 42.4. The molecule has 0 N–H and O–H groups in total. The van der Waals surface area contributed by atoms with Gasteiger partial charge in [-0.25, -0.2) is 4.98 Å². The van der Waals surface area contributed by atoms with Crippen molar-refractivity contribution in [1.82, 2.24) is 9.97 Å². The van der Waals surface area contributed by atoms with Crippen LogP contribution in [-0.4, -0.2) is 9.97 Å². The highest BCUT2D eigenvalue weighted by Crippen LogP contribution is 2.53. The highest BCUT2D eigenvalue weighted by molar-refractivity contribution is 7.20. The van der Waals surface area contributed by atoms with E-state index in [0.717, 1.165) is 0 Å². The molecule has 57 heavy (non-hydrogen) atoms. The minimum absolute atomic E-state index is 0.227. The van der Waals surface area contributed by atoms with Gasteiger partial charge in [-0.05, 0) is 61.4 Å². The van der Waals surface area contributed by atoms with Gasteiger partial charge >= 0.3 is 0 Å². The summed E-state index contributed by atoms with van der Waals surface area (Å²) in [5.41, 5.74) is -9.60. The summed E-state index contributed by atoms with van der Waals surface area (Å²) in [6, 6.07) is -33.8. The highest BCUT2D eigenvalue weighted by Gasteiger charge is 2.25. The summed E-state index contributed by atoms with van der Waals surface area (Å²) in [7, 11) is 0. The lowest BCUT2D eigenvalue weighted by atomic mass is 9.87. The standard InChI is InChI=1S/C54H34N2S/c1-4-15-35(16-5-1)49-50(36-17-6-2-7-18-36)54(57-53(49)39-19-8-3-9-20-39)47-32-30-45(41-23-11-13-25-43(41)47)44-29-31-46(42-24-12-10-22-40(42)44)48-33-28-38-27-26-37-21-14-34-55-51(37)52(38)56-48/h1-34H/i1D,2D,3D,4D,5D,6D,7D,8D,9D,10D,11D,12D,13D,14D,15D,16D,17D,18D,19D,20D,21D,22D,23D,24D,25D,26D,27D,28D,29D,30D,31D,32D,33D,34D. The van der Waals surface area contributed by atoms with E-state index in [1.54, 1.807) is 0 Å². The molecule has 0 unspecified atom stereocenters. The Hall–Kier alpha value is -7.20. The van der Waals surface area contributed by atoms with E-state index in [4.69, 9.17) is 24.7 Å². The Kier molecular flexibility index (Phi) is 3.27. The topological polar surface area (TPSA) is 25.8 Å². The normalized spacial score (nSPS) is 19.9. The molecule has 0 saturated heterocycles. The van der Waals surface area contributed by atoms with Crippen molar-refractivity contribution in [3.8, 4) is 65.5 Å². The predicted octanol–water partition coefficient (Wildman–Crippen LogP) is 15.2. The quantitative estimate of drug-likeness (QED) is 0.157. The van der Waals surface area contributed by atoms with Gasteiger partial charge in [0, 0.05) is 49.0 Å². The van der Waals surface area contributed by atoms with Crippen molar-refractivity contribution in [2.45, 2.75) is 0 Å². The summed E-state index contributed by atoms with van der Waals surface area (Å²) in [4.78, 5) is 7.10. The molecule has 3 heterocycles. The number of benzene rings is 8. The molecule has 11 aromatic rings. The molecule has 0 aliphatic rings. The van der Waals surface area contributed by atoms with Crippen LogP contribution >= 0.6 is 11.3 Å². The van der Waals surface area contributed by atoms with E-state index in [-0.39, 0.29) is 11.3 Å². The summed E-state index contributed by atoms with van der Waals surface area (Å²) >= 11 is 0.227. The van der Waals surface area contributed by atoms with Crippen molar-refractivity contribution in [2.24, 2.45) is 0 Å². The average molecular weight is 777 g/mol. The molecule has 0 bridgehead atoms. The Labute approximate surface area is 382 Å². The minimum Gasteiger partial charge on any atom is -0.254 e. The molecule has 11 rings (SSSR count). The number of hydrogen-bond acceptors (Lipinski definition) is 3. The van der Waals surface area contributed by atoms with Gasteiger partial charge < -0.3 is 0 Å². The summed E-state index contributed by atoms with van der Waals surface area (Å²) in [6.07, 6.45) is -0.816. The third kappa shape index (κ3) is 5.63. The first kappa shape index (κ1) is 13.5. The maximum Gasteiger partial charge on any atom is 0.0972 e. The number of aromatic nitrogens is 2. The van der Waals surface area contributed by atoms with E-state index < -0.39 is 314 Å². The Balaban J connectivity index is 1.40. The lowest BCUT2D eigenvalue weighted by Crippen LogP contribution is -1.92. The Morgan fingerprint density at radius 3 is 1.42 bits per heavy atom. The third-order valence-corrected chi connectivity index (χ3v) is 10.0. The fraction of sp³-hybridized carbons (Fsp3) is 0. The van der Waals surface area contributed by atoms with Crippen LogP contribution in [0.15, 0.2) is 206 Å². The van der Waals surface area contributed by atoms with E-state index >= 15 is 0 Å². The summed E-state index contributed by atoms with van der Waals surface area (Å²) < 4.78 is 309. The number of nitrogens with zero attached hydrogens (tertiary/aromatic N) is 2. The van der Waals surface area contributed by atoms with E-state index in [1.807, 2.05) is 0 Å². The number of hydrogen-bond donors (Lipinski definition) is 0. The van der Waals surface area contributed by atoms with Crippen LogP contribution in [-0.2, 0) is 0 Å². The molecule has 3 heteroatoms. The Morgan fingerprint density at radius 1 is 0.351 bits per heavy atom. The lowest BCUT2D eigenvalue weighted by Gasteiger charge is -2.16. The molecule has 0 atom stereocenters. The van der Waals surface area contributed by atoms with Crippen LogP contribution in [0.3, 0.4) is 0 Å². The van der Waals surface area contributed by atoms with Crippen LogP contribution in [0, 0.1) is 0 Å². The first-order valence-electron chi connectivity index (χ1n) is 33.6. The van der Waals surface area contributed by atoms with Gasteiger partial charge in [-0.3, -0.25) is 4.98 Å². The van der Waals surface area contributed by atoms with Crippen LogP contribution in [0.4, 0.5) is 0 Å². The lowest BCUT2D eigenvalue weighted by molar-refractivity contribution is 1.37. The fourth-order valence-electron chi connectivity index (χ4n) is 6.40. The maximum atomic E-state index is 10.1. The van der Waals surface area contributed by atoms with Crippen LogP contribution in [0.5, 0.6) is 0 Å². The second-order valence-electron chi connectivity index (χ2n) is 11.9. The van der Waals surface area contributed by atoms with Crippen molar-refractivity contribution < 1.29 is 46.6 Å². The molecule has 0 amide bonds. The monoisotopic (exact) mass is 776 g/mol. The Morgan fingerprint density at radius 2 is 0.807 bits per heavy atom. The smallest absolute Gasteiger partial charge is 0.0972 e. The van der Waals surface area contributed by atoms with Gasteiger partial charge in [0.05, 0.1) is 63.3 Å². The molecule has 3 aromatic heterocycles. The van der Waals surface area contributed by atoms with Gasteiger partial charge in [0.2, 0.25) is 0 Å². The minimum atomic E-state index is -1.22. The van der Waals surface area contributed by atoms with E-state index in [9.17, 15) is 21.9 Å². The molecule has 0 aliphatic heterocycles. The van der Waals surface area contributed by atoms with Crippen molar-refractivity contribution in [1.29, 1.82) is 0 Å². The van der Waals surface area contributed by atoms with Gasteiger partial charge in [0.15, 0.2) is 0 Å². The van der Waals surface area contributed by atoms with Crippen LogP contribution in [0.1, 0.15) is 46.6 Å². The molecule has 266 valence electrons. The van der Waals surface area contributed by atoms with Crippen LogP contribution < -0.4 is 0 Å². The zero-order valence-corrected chi connectivity index (χ0v) is 29.1. The van der Waals surface area contributed by atoms with E-state index in [1.165, 1.54) is 0 Å². The van der Waals surface area contributed by atoms with Crippen LogP contribution in [0.2, 0.25) is 0 Å². The predicted molar refractivity (Wildman–Crippen MR) is 243 cm³/mol. The van der Waals surface area contributed by atoms with E-state index in [2.05, 4.69) is 9.97 Å². The van der Waals surface area contributed by atoms with Gasteiger partial charge in [-0.1, -0.05) is 187 Å². The molecule has 0 spiro atoms. The molecule has 0 aliphatic carbocycles. The van der Waals surface area contributed by atoms with Gasteiger partial charge in [0.1, 0.15) is 0 Å². The van der Waals surface area contributed by atoms with Crippen molar-refractivity contribution >= 4 is 54.7 Å². The van der Waals surface area contributed by atoms with Gasteiger partial charge in [-0.2, -0.15) is 0 Å². The molecular weight excluding hydrogens is 709 g/mol. The fourth-order valence-corrected chi connectivity index (χ4v) is 7.68. The number of pyridine rings is 2. The second-order valence-corrected chi connectivity index (χ2v) is 12.9. The number of fused-ring (bicyclic) bond motifs is 5. The third-order valence-electron chi connectivity index (χ3n) is 8.80. The SMILES string of the molecule is [2H]c1nc2c(c([2H])c1[2H])c([2H])c([2H])c1c([2H])c([2H])c(-c3c([2H])c([2H])c(-c4c([2H])c([2H])c(-c5sc(-c6c([2H])c([2H])c([2H])c([2H])c6[2H])c(-c6c([2H])c([2H])c([2H])c([2H])c6[2H])c5-c5c([2H])c([2H])c([2H])c([2H])c5[2H])c5c([2H])c([2H])c([2H])c([2H])c45)c4c([2H])c([2H])c([2H])c([2H])c34)nc12. The molecule has 8 aromatic carbocycles. The number of thiophene rings is 1. The van der Waals surface area contributed by atoms with Crippen molar-refractivity contribution in [3.05, 3.63) is 206 Å². The van der Waals surface area contributed by atoms with Gasteiger partial charge in [-0.15, -0.1) is 11.3 Å². The molecule has 2 nitrogen and oxygen atoms in total. The summed E-state index contributed by atoms with van der Waals surface area (Å²) in [6.45, 7) is 0.